The van der Waals surface area contributed by atoms with Gasteiger partial charge in [-0.15, -0.1) is 0 Å². The van der Waals surface area contributed by atoms with Crippen LogP contribution in [0.15, 0.2) is 6.07 Å². The van der Waals surface area contributed by atoms with Gasteiger partial charge in [-0.05, 0) is 38.8 Å². The van der Waals surface area contributed by atoms with Crippen LogP contribution in [0.2, 0.25) is 0 Å². The molecule has 1 unspecified atom stereocenters. The normalized spacial score (nSPS) is 12.5. The summed E-state index contributed by atoms with van der Waals surface area (Å²) in [6, 6.07) is 2.01. The molecule has 1 aromatic heterocycles. The van der Waals surface area contributed by atoms with Gasteiger partial charge in [0.05, 0.1) is 6.04 Å². The number of nitrogens with one attached hydrogen (secondary N) is 2. The molecule has 102 valence electrons. The maximum atomic E-state index is 11.7. The Morgan fingerprint density at radius 1 is 1.44 bits per heavy atom. The van der Waals surface area contributed by atoms with Crippen LogP contribution < -0.4 is 10.6 Å². The predicted molar refractivity (Wildman–Crippen MR) is 74.5 cm³/mol. The van der Waals surface area contributed by atoms with Crippen LogP contribution in [0.5, 0.6) is 0 Å². The van der Waals surface area contributed by atoms with Crippen LogP contribution >= 0.6 is 0 Å². The Hall–Kier alpha value is -1.29. The van der Waals surface area contributed by atoms with Gasteiger partial charge in [-0.3, -0.25) is 4.79 Å². The summed E-state index contributed by atoms with van der Waals surface area (Å²) in [5.74, 6) is 0.0714. The molecule has 2 N–H and O–H groups in total. The SMILES string of the molecule is CCCNC(=O)C(C)NCc1cc(C)n(C)c1C. The first kappa shape index (κ1) is 14.8. The fourth-order valence-electron chi connectivity index (χ4n) is 1.87. The Balaban J connectivity index is 2.49. The third kappa shape index (κ3) is 3.60. The molecule has 0 aliphatic carbocycles. The van der Waals surface area contributed by atoms with Gasteiger partial charge < -0.3 is 15.2 Å². The number of carbonyl (C=O) groups is 1. The summed E-state index contributed by atoms with van der Waals surface area (Å²) in [7, 11) is 2.06. The second-order valence-electron chi connectivity index (χ2n) is 4.85. The van der Waals surface area contributed by atoms with Gasteiger partial charge in [0.15, 0.2) is 0 Å². The summed E-state index contributed by atoms with van der Waals surface area (Å²) in [6.07, 6.45) is 0.968. The lowest BCUT2D eigenvalue weighted by molar-refractivity contribution is -0.122. The molecule has 18 heavy (non-hydrogen) atoms. The number of nitrogens with zero attached hydrogens (tertiary/aromatic N) is 1. The quantitative estimate of drug-likeness (QED) is 0.807. The second kappa shape index (κ2) is 6.59. The lowest BCUT2D eigenvalue weighted by Gasteiger charge is -2.13. The van der Waals surface area contributed by atoms with E-state index in [0.717, 1.165) is 19.5 Å². The van der Waals surface area contributed by atoms with E-state index in [1.54, 1.807) is 0 Å². The first-order valence-electron chi connectivity index (χ1n) is 6.60. The van der Waals surface area contributed by atoms with Gasteiger partial charge in [-0.1, -0.05) is 6.92 Å². The first-order chi connectivity index (χ1) is 8.47. The number of amides is 1. The van der Waals surface area contributed by atoms with E-state index in [4.69, 9.17) is 0 Å². The van der Waals surface area contributed by atoms with Crippen LogP contribution in [0.25, 0.3) is 0 Å². The largest absolute Gasteiger partial charge is 0.355 e. The molecule has 4 nitrogen and oxygen atoms in total. The zero-order valence-electron chi connectivity index (χ0n) is 12.1. The topological polar surface area (TPSA) is 46.1 Å². The lowest BCUT2D eigenvalue weighted by atomic mass is 10.2. The summed E-state index contributed by atoms with van der Waals surface area (Å²) >= 11 is 0. The number of carbonyl (C=O) groups excluding carboxylic acids is 1. The summed E-state index contributed by atoms with van der Waals surface area (Å²) < 4.78 is 2.17. The highest BCUT2D eigenvalue weighted by molar-refractivity contribution is 5.81. The zero-order chi connectivity index (χ0) is 13.7. The van der Waals surface area contributed by atoms with Crippen molar-refractivity contribution in [3.8, 4) is 0 Å². The lowest BCUT2D eigenvalue weighted by Crippen LogP contribution is -2.42. The Labute approximate surface area is 110 Å². The number of rotatable bonds is 6. The van der Waals surface area contributed by atoms with Crippen LogP contribution in [0.3, 0.4) is 0 Å². The molecule has 4 heteroatoms. The van der Waals surface area contributed by atoms with Crippen molar-refractivity contribution in [3.63, 3.8) is 0 Å². The minimum atomic E-state index is -0.156. The number of hydrogen-bond acceptors (Lipinski definition) is 2. The van der Waals surface area contributed by atoms with Gasteiger partial charge in [0.2, 0.25) is 5.91 Å². The number of aryl methyl sites for hydroxylation is 1. The fourth-order valence-corrected chi connectivity index (χ4v) is 1.87. The Bertz CT molecular complexity index is 409. The molecule has 1 aromatic rings. The molecule has 0 aromatic carbocycles. The molecule has 1 heterocycles. The van der Waals surface area contributed by atoms with Gasteiger partial charge in [0.1, 0.15) is 0 Å². The molecule has 0 bridgehead atoms. The predicted octanol–water partition coefficient (Wildman–Crippen LogP) is 1.65. The van der Waals surface area contributed by atoms with Crippen LogP contribution in [0, 0.1) is 13.8 Å². The molecule has 1 amide bonds. The molecule has 1 atom stereocenters. The number of hydrogen-bond donors (Lipinski definition) is 2. The average Bonchev–Trinajstić information content (AvgIpc) is 2.60. The summed E-state index contributed by atoms with van der Waals surface area (Å²) in [5, 5.41) is 6.16. The van der Waals surface area contributed by atoms with E-state index >= 15 is 0 Å². The molecule has 0 aliphatic rings. The van der Waals surface area contributed by atoms with E-state index < -0.39 is 0 Å². The van der Waals surface area contributed by atoms with Gasteiger partial charge in [-0.2, -0.15) is 0 Å². The highest BCUT2D eigenvalue weighted by atomic mass is 16.2. The molecule has 0 fully saturated rings. The van der Waals surface area contributed by atoms with E-state index in [1.807, 2.05) is 6.92 Å². The molecule has 0 spiro atoms. The van der Waals surface area contributed by atoms with E-state index in [1.165, 1.54) is 17.0 Å². The maximum Gasteiger partial charge on any atom is 0.236 e. The van der Waals surface area contributed by atoms with Crippen molar-refractivity contribution < 1.29 is 4.79 Å². The molecule has 0 aliphatic heterocycles. The zero-order valence-corrected chi connectivity index (χ0v) is 12.1. The Morgan fingerprint density at radius 2 is 2.11 bits per heavy atom. The molecule has 1 rings (SSSR count). The minimum Gasteiger partial charge on any atom is -0.355 e. The van der Waals surface area contributed by atoms with Crippen molar-refractivity contribution in [2.24, 2.45) is 7.05 Å². The molecular formula is C14H25N3O. The molecule has 0 radical (unpaired) electrons. The van der Waals surface area contributed by atoms with Gasteiger partial charge >= 0.3 is 0 Å². The van der Waals surface area contributed by atoms with E-state index in [2.05, 4.69) is 49.1 Å². The third-order valence-corrected chi connectivity index (χ3v) is 3.42. The van der Waals surface area contributed by atoms with Gasteiger partial charge in [0.25, 0.3) is 0 Å². The van der Waals surface area contributed by atoms with Crippen molar-refractivity contribution >= 4 is 5.91 Å². The van der Waals surface area contributed by atoms with Crippen LogP contribution in [0.4, 0.5) is 0 Å². The van der Waals surface area contributed by atoms with Crippen LogP contribution in [0.1, 0.15) is 37.2 Å². The molecular weight excluding hydrogens is 226 g/mol. The van der Waals surface area contributed by atoms with Crippen molar-refractivity contribution in [2.75, 3.05) is 6.54 Å². The summed E-state index contributed by atoms with van der Waals surface area (Å²) in [5.41, 5.74) is 3.75. The maximum absolute atomic E-state index is 11.7. The molecule has 0 saturated heterocycles. The van der Waals surface area contributed by atoms with E-state index in [9.17, 15) is 4.79 Å². The van der Waals surface area contributed by atoms with Crippen molar-refractivity contribution in [1.29, 1.82) is 0 Å². The summed E-state index contributed by atoms with van der Waals surface area (Å²) in [4.78, 5) is 11.7. The highest BCUT2D eigenvalue weighted by Gasteiger charge is 2.12. The van der Waals surface area contributed by atoms with Crippen molar-refractivity contribution in [2.45, 2.75) is 46.7 Å². The Morgan fingerprint density at radius 3 is 2.61 bits per heavy atom. The van der Waals surface area contributed by atoms with Gasteiger partial charge in [-0.25, -0.2) is 0 Å². The first-order valence-corrected chi connectivity index (χ1v) is 6.60. The third-order valence-electron chi connectivity index (χ3n) is 3.42. The van der Waals surface area contributed by atoms with Gasteiger partial charge in [0, 0.05) is 31.5 Å². The minimum absolute atomic E-state index is 0.0714. The van der Waals surface area contributed by atoms with Crippen LogP contribution in [-0.2, 0) is 18.4 Å². The fraction of sp³-hybridized carbons (Fsp3) is 0.643. The van der Waals surface area contributed by atoms with Crippen LogP contribution in [-0.4, -0.2) is 23.1 Å². The Kier molecular flexibility index (Phi) is 5.41. The monoisotopic (exact) mass is 251 g/mol. The number of aromatic nitrogens is 1. The average molecular weight is 251 g/mol. The second-order valence-corrected chi connectivity index (χ2v) is 4.85. The van der Waals surface area contributed by atoms with Crippen molar-refractivity contribution in [1.82, 2.24) is 15.2 Å². The summed E-state index contributed by atoms with van der Waals surface area (Å²) in [6.45, 7) is 9.62. The molecule has 0 saturated carbocycles. The highest BCUT2D eigenvalue weighted by Crippen LogP contribution is 2.12. The van der Waals surface area contributed by atoms with Crippen molar-refractivity contribution in [3.05, 3.63) is 23.0 Å². The smallest absolute Gasteiger partial charge is 0.236 e. The van der Waals surface area contributed by atoms with E-state index in [0.29, 0.717) is 0 Å². The standard InChI is InChI=1S/C14H25N3O/c1-6-7-15-14(18)11(3)16-9-13-8-10(2)17(5)12(13)4/h8,11,16H,6-7,9H2,1-5H3,(H,15,18). The van der Waals surface area contributed by atoms with E-state index in [-0.39, 0.29) is 11.9 Å².